The van der Waals surface area contributed by atoms with Crippen molar-refractivity contribution >= 4 is 92.4 Å². The normalized spacial score (nSPS) is 11.8. The van der Waals surface area contributed by atoms with E-state index < -0.39 is 0 Å². The molecule has 272 valence electrons. The minimum Gasteiger partial charge on any atom is -0.455 e. The van der Waals surface area contributed by atoms with Crippen molar-refractivity contribution < 1.29 is 8.83 Å². The predicted molar refractivity (Wildman–Crippen MR) is 245 cm³/mol. The first-order valence-corrected chi connectivity index (χ1v) is 20.4. The lowest BCUT2D eigenvalue weighted by atomic mass is 9.96. The number of anilines is 3. The van der Waals surface area contributed by atoms with Crippen LogP contribution >= 0.6 is 11.3 Å². The molecule has 0 spiro atoms. The molecule has 3 heterocycles. The Morgan fingerprint density at radius 1 is 0.345 bits per heavy atom. The number of rotatable bonds is 6. The third kappa shape index (κ3) is 5.19. The van der Waals surface area contributed by atoms with E-state index in [1.807, 2.05) is 17.4 Å². The van der Waals surface area contributed by atoms with Crippen molar-refractivity contribution in [1.82, 2.24) is 0 Å². The number of nitrogens with zero attached hydrogens (tertiary/aromatic N) is 1. The standard InChI is InChI=1S/C54H33NO2S/c1-4-14-34(15-5-1)37-30-44(36-18-8-3-9-19-36)53-46(31-37)41-26-24-39(33-49(41)57-53)55(38-25-29-51-45(32-38)42-20-11-13-23-50(42)58-51)47-28-27-40(35-16-6-2-7-17-35)54-52(47)43-21-10-12-22-48(43)56-54/h1-33H. The van der Waals surface area contributed by atoms with Crippen LogP contribution in [0.5, 0.6) is 0 Å². The first-order valence-electron chi connectivity index (χ1n) is 19.6. The average molecular weight is 760 g/mol. The van der Waals surface area contributed by atoms with E-state index in [2.05, 4.69) is 199 Å². The summed E-state index contributed by atoms with van der Waals surface area (Å²) in [5, 5.41) is 6.81. The Morgan fingerprint density at radius 3 is 1.76 bits per heavy atom. The van der Waals surface area contributed by atoms with Gasteiger partial charge in [0.25, 0.3) is 0 Å². The van der Waals surface area contributed by atoms with Crippen LogP contribution in [0.4, 0.5) is 17.1 Å². The van der Waals surface area contributed by atoms with Gasteiger partial charge in [-0.05, 0) is 89.0 Å². The summed E-state index contributed by atoms with van der Waals surface area (Å²) in [5.41, 5.74) is 13.2. The zero-order chi connectivity index (χ0) is 38.2. The van der Waals surface area contributed by atoms with Gasteiger partial charge in [-0.15, -0.1) is 11.3 Å². The molecule has 12 aromatic rings. The van der Waals surface area contributed by atoms with Gasteiger partial charge in [0.15, 0.2) is 0 Å². The third-order valence-corrected chi connectivity index (χ3v) is 12.6. The van der Waals surface area contributed by atoms with Crippen molar-refractivity contribution in [3.8, 4) is 33.4 Å². The van der Waals surface area contributed by atoms with Crippen LogP contribution in [0, 0.1) is 0 Å². The molecule has 3 aromatic heterocycles. The van der Waals surface area contributed by atoms with Crippen molar-refractivity contribution in [3.05, 3.63) is 200 Å². The van der Waals surface area contributed by atoms with Crippen LogP contribution in [0.15, 0.2) is 209 Å². The summed E-state index contributed by atoms with van der Waals surface area (Å²) < 4.78 is 16.3. The van der Waals surface area contributed by atoms with Gasteiger partial charge in [0.05, 0.1) is 11.1 Å². The summed E-state index contributed by atoms with van der Waals surface area (Å²) in [6.07, 6.45) is 0. The fourth-order valence-electron chi connectivity index (χ4n) is 8.76. The van der Waals surface area contributed by atoms with Gasteiger partial charge in [-0.3, -0.25) is 0 Å². The first-order chi connectivity index (χ1) is 28.7. The van der Waals surface area contributed by atoms with E-state index in [9.17, 15) is 0 Å². The molecule has 0 atom stereocenters. The zero-order valence-corrected chi connectivity index (χ0v) is 32.0. The smallest absolute Gasteiger partial charge is 0.145 e. The Hall–Kier alpha value is -7.40. The lowest BCUT2D eigenvalue weighted by Gasteiger charge is -2.27. The van der Waals surface area contributed by atoms with Crippen LogP contribution < -0.4 is 4.90 Å². The molecule has 0 fully saturated rings. The van der Waals surface area contributed by atoms with Gasteiger partial charge in [0, 0.05) is 64.9 Å². The monoisotopic (exact) mass is 759 g/mol. The molecule has 58 heavy (non-hydrogen) atoms. The third-order valence-electron chi connectivity index (χ3n) is 11.5. The number of benzene rings is 9. The van der Waals surface area contributed by atoms with Gasteiger partial charge in [0.2, 0.25) is 0 Å². The number of furan rings is 2. The Bertz CT molecular complexity index is 3510. The van der Waals surface area contributed by atoms with Gasteiger partial charge in [-0.2, -0.15) is 0 Å². The number of fused-ring (bicyclic) bond motifs is 9. The second-order valence-corrected chi connectivity index (χ2v) is 15.9. The second kappa shape index (κ2) is 13.1. The van der Waals surface area contributed by atoms with E-state index in [4.69, 9.17) is 8.83 Å². The maximum atomic E-state index is 6.98. The SMILES string of the molecule is c1ccc(-c2cc(-c3ccccc3)c3oc4cc(N(c5ccc6sc7ccccc7c6c5)c5ccc(-c6ccccc6)c6oc7ccccc7c56)ccc4c3c2)cc1. The quantitative estimate of drug-likeness (QED) is 0.169. The minimum atomic E-state index is 0.830. The molecule has 0 radical (unpaired) electrons. The molecular weight excluding hydrogens is 727 g/mol. The van der Waals surface area contributed by atoms with Crippen LogP contribution in [0.3, 0.4) is 0 Å². The van der Waals surface area contributed by atoms with Crippen LogP contribution in [0.2, 0.25) is 0 Å². The van der Waals surface area contributed by atoms with Gasteiger partial charge >= 0.3 is 0 Å². The lowest BCUT2D eigenvalue weighted by Crippen LogP contribution is -2.10. The lowest BCUT2D eigenvalue weighted by molar-refractivity contribution is 0.670. The summed E-state index contributed by atoms with van der Waals surface area (Å²) in [6.45, 7) is 0. The van der Waals surface area contributed by atoms with Crippen molar-refractivity contribution in [3.63, 3.8) is 0 Å². The summed E-state index contributed by atoms with van der Waals surface area (Å²) in [5.74, 6) is 0. The molecule has 9 aromatic carbocycles. The van der Waals surface area contributed by atoms with E-state index in [-0.39, 0.29) is 0 Å². The van der Waals surface area contributed by atoms with Crippen LogP contribution in [0.25, 0.3) is 97.4 Å². The van der Waals surface area contributed by atoms with Crippen molar-refractivity contribution in [1.29, 1.82) is 0 Å². The molecule has 0 saturated heterocycles. The average Bonchev–Trinajstić information content (AvgIpc) is 3.98. The Morgan fingerprint density at radius 2 is 0.966 bits per heavy atom. The molecule has 0 unspecified atom stereocenters. The van der Waals surface area contributed by atoms with Crippen LogP contribution in [-0.2, 0) is 0 Å². The minimum absolute atomic E-state index is 0.830. The topological polar surface area (TPSA) is 29.5 Å². The van der Waals surface area contributed by atoms with Gasteiger partial charge < -0.3 is 13.7 Å². The highest BCUT2D eigenvalue weighted by Gasteiger charge is 2.24. The zero-order valence-electron chi connectivity index (χ0n) is 31.2. The van der Waals surface area contributed by atoms with Gasteiger partial charge in [-0.1, -0.05) is 127 Å². The molecule has 0 aliphatic carbocycles. The van der Waals surface area contributed by atoms with E-state index >= 15 is 0 Å². The highest BCUT2D eigenvalue weighted by molar-refractivity contribution is 7.25. The molecular formula is C54H33NO2S. The highest BCUT2D eigenvalue weighted by Crippen LogP contribution is 2.49. The number of hydrogen-bond donors (Lipinski definition) is 0. The van der Waals surface area contributed by atoms with Gasteiger partial charge in [-0.25, -0.2) is 0 Å². The van der Waals surface area contributed by atoms with Crippen molar-refractivity contribution in [2.75, 3.05) is 4.90 Å². The molecule has 0 aliphatic rings. The predicted octanol–water partition coefficient (Wildman–Crippen LogP) is 16.3. The Labute approximate surface area is 338 Å². The van der Waals surface area contributed by atoms with E-state index in [1.165, 1.54) is 25.7 Å². The summed E-state index contributed by atoms with van der Waals surface area (Å²) in [4.78, 5) is 2.38. The largest absolute Gasteiger partial charge is 0.455 e. The Kier molecular flexibility index (Phi) is 7.40. The molecule has 12 rings (SSSR count). The molecule has 0 bridgehead atoms. The van der Waals surface area contributed by atoms with Crippen LogP contribution in [-0.4, -0.2) is 0 Å². The van der Waals surface area contributed by atoms with Crippen LogP contribution in [0.1, 0.15) is 0 Å². The molecule has 0 aliphatic heterocycles. The van der Waals surface area contributed by atoms with Gasteiger partial charge in [0.1, 0.15) is 22.3 Å². The van der Waals surface area contributed by atoms with Crippen molar-refractivity contribution in [2.45, 2.75) is 0 Å². The fraction of sp³-hybridized carbons (Fsp3) is 0. The van der Waals surface area contributed by atoms with E-state index in [0.29, 0.717) is 0 Å². The summed E-state index contributed by atoms with van der Waals surface area (Å²) in [6, 6.07) is 71.3. The number of thiophene rings is 1. The molecule has 3 nitrogen and oxygen atoms in total. The maximum absolute atomic E-state index is 6.98. The highest BCUT2D eigenvalue weighted by atomic mass is 32.1. The first kappa shape index (κ1) is 32.8. The van der Waals surface area contributed by atoms with E-state index in [1.54, 1.807) is 0 Å². The number of hydrogen-bond acceptors (Lipinski definition) is 4. The molecule has 0 saturated carbocycles. The molecule has 0 N–H and O–H groups in total. The van der Waals surface area contributed by atoms with E-state index in [0.717, 1.165) is 88.8 Å². The number of para-hydroxylation sites is 1. The molecule has 4 heteroatoms. The maximum Gasteiger partial charge on any atom is 0.145 e. The summed E-state index contributed by atoms with van der Waals surface area (Å²) in [7, 11) is 0. The fourth-order valence-corrected chi connectivity index (χ4v) is 9.84. The Balaban J connectivity index is 1.14. The second-order valence-electron chi connectivity index (χ2n) is 14.8. The molecule has 0 amide bonds. The summed E-state index contributed by atoms with van der Waals surface area (Å²) >= 11 is 1.83. The van der Waals surface area contributed by atoms with Crippen molar-refractivity contribution in [2.24, 2.45) is 0 Å².